The van der Waals surface area contributed by atoms with Crippen molar-refractivity contribution >= 4 is 37.2 Å². The third-order valence-corrected chi connectivity index (χ3v) is 7.68. The second-order valence-electron chi connectivity index (χ2n) is 13.0. The van der Waals surface area contributed by atoms with Crippen LogP contribution in [0.25, 0.3) is 0 Å². The van der Waals surface area contributed by atoms with Gasteiger partial charge in [-0.3, -0.25) is 0 Å². The molecule has 1 aliphatic rings. The molecule has 0 aromatic carbocycles. The van der Waals surface area contributed by atoms with Crippen LogP contribution in [0.3, 0.4) is 0 Å². The van der Waals surface area contributed by atoms with E-state index in [2.05, 4.69) is 177 Å². The van der Waals surface area contributed by atoms with Crippen molar-refractivity contribution in [3.63, 3.8) is 0 Å². The molecule has 1 fully saturated rings. The summed E-state index contributed by atoms with van der Waals surface area (Å²) < 4.78 is 0. The molecule has 0 bridgehead atoms. The summed E-state index contributed by atoms with van der Waals surface area (Å²) in [6, 6.07) is 0. The van der Waals surface area contributed by atoms with Gasteiger partial charge in [-0.05, 0) is 101 Å². The molecule has 4 heteroatoms. The summed E-state index contributed by atoms with van der Waals surface area (Å²) in [5.41, 5.74) is 5.88. The van der Waals surface area contributed by atoms with Gasteiger partial charge >= 0.3 is 0 Å². The van der Waals surface area contributed by atoms with E-state index in [-0.39, 0.29) is 11.8 Å². The average Bonchev–Trinajstić information content (AvgIpc) is 3.25. The Morgan fingerprint density at radius 2 is 1.16 bits per heavy atom. The van der Waals surface area contributed by atoms with E-state index in [4.69, 9.17) is 0 Å². The number of aliphatic hydroxyl groups is 2. The molecule has 0 radical (unpaired) electrons. The molecular formula is C40H58I2O2. The monoisotopic (exact) mass is 824 g/mol. The molecule has 0 saturated heterocycles. The Balaban J connectivity index is 0.00000904. The van der Waals surface area contributed by atoms with Crippen molar-refractivity contribution in [3.05, 3.63) is 131 Å². The molecule has 0 amide bonds. The normalized spacial score (nSPS) is 23.1. The van der Waals surface area contributed by atoms with Gasteiger partial charge in [0, 0.05) is 43.1 Å². The first kappa shape index (κ1) is 42.5. The Morgan fingerprint density at radius 3 is 1.61 bits per heavy atom. The molecule has 0 aromatic heterocycles. The van der Waals surface area contributed by atoms with Crippen LogP contribution in [0.5, 0.6) is 0 Å². The van der Waals surface area contributed by atoms with Gasteiger partial charge in [-0.2, -0.15) is 0 Å². The minimum Gasteiger partial charge on any atom is -0.390 e. The summed E-state index contributed by atoms with van der Waals surface area (Å²) in [5.74, 6) is -0.00110. The van der Waals surface area contributed by atoms with E-state index < -0.39 is 11.2 Å². The molecule has 44 heavy (non-hydrogen) atoms. The second kappa shape index (κ2) is 22.9. The van der Waals surface area contributed by atoms with Crippen LogP contribution >= 0.6 is 37.2 Å². The lowest BCUT2D eigenvalue weighted by molar-refractivity contribution is -0.0294. The van der Waals surface area contributed by atoms with E-state index in [0.717, 1.165) is 30.4 Å². The molecule has 0 spiro atoms. The minimum atomic E-state index is -0.803. The maximum Gasteiger partial charge on any atom is 0.0686 e. The Labute approximate surface area is 294 Å². The van der Waals surface area contributed by atoms with Gasteiger partial charge in [-0.25, -0.2) is 0 Å². The Kier molecular flexibility index (Phi) is 22.2. The lowest BCUT2D eigenvalue weighted by Gasteiger charge is -2.33. The lowest BCUT2D eigenvalue weighted by atomic mass is 9.78. The molecule has 3 atom stereocenters. The van der Waals surface area contributed by atoms with Gasteiger partial charge in [0.05, 0.1) is 11.2 Å². The number of hydrogen-bond acceptors (Lipinski definition) is 2. The highest BCUT2D eigenvalue weighted by Crippen LogP contribution is 2.46. The van der Waals surface area contributed by atoms with E-state index >= 15 is 0 Å². The number of halogens is 2. The van der Waals surface area contributed by atoms with E-state index in [1.807, 2.05) is 26.8 Å². The van der Waals surface area contributed by atoms with Crippen molar-refractivity contribution in [2.24, 2.45) is 11.8 Å². The first-order chi connectivity index (χ1) is 20.6. The summed E-state index contributed by atoms with van der Waals surface area (Å²) in [5, 5.41) is 21.3. The first-order valence-corrected chi connectivity index (χ1v) is 21.9. The number of allylic oxidation sites excluding steroid dienone is 21. The van der Waals surface area contributed by atoms with Crippen LogP contribution in [-0.4, -0.2) is 21.4 Å². The summed E-state index contributed by atoms with van der Waals surface area (Å²) in [4.78, 5) is 0. The highest BCUT2D eigenvalue weighted by atomic mass is 128. The summed E-state index contributed by atoms with van der Waals surface area (Å²) >= 11 is 4.24. The largest absolute Gasteiger partial charge is 0.390 e. The molecular weight excluding hydrogens is 766 g/mol. The van der Waals surface area contributed by atoms with Gasteiger partial charge in [0.15, 0.2) is 0 Å². The minimum absolute atomic E-state index is 0.0552. The van der Waals surface area contributed by atoms with Crippen molar-refractivity contribution in [2.75, 3.05) is 0 Å². The van der Waals surface area contributed by atoms with Crippen molar-refractivity contribution < 1.29 is 10.2 Å². The number of rotatable bonds is 14. The molecule has 244 valence electrons. The van der Waals surface area contributed by atoms with Crippen LogP contribution in [0, 0.1) is 11.8 Å². The fourth-order valence-corrected chi connectivity index (χ4v) is 4.99. The highest BCUT2D eigenvalue weighted by molar-refractivity contribution is 15.0. The summed E-state index contributed by atoms with van der Waals surface area (Å²) in [6.07, 6.45) is 37.5. The molecule has 0 aromatic rings. The predicted octanol–water partition coefficient (Wildman–Crippen LogP) is 12.6. The van der Waals surface area contributed by atoms with E-state index in [1.54, 1.807) is 0 Å². The van der Waals surface area contributed by atoms with Crippen molar-refractivity contribution in [2.45, 2.75) is 106 Å². The van der Waals surface area contributed by atoms with Gasteiger partial charge in [-0.1, -0.05) is 131 Å². The molecule has 2 N–H and O–H groups in total. The second-order valence-corrected chi connectivity index (χ2v) is 13.0. The van der Waals surface area contributed by atoms with Crippen LogP contribution in [-0.2, 0) is 0 Å². The van der Waals surface area contributed by atoms with E-state index in [9.17, 15) is 10.2 Å². The van der Waals surface area contributed by atoms with E-state index in [0.29, 0.717) is 6.42 Å². The average molecular weight is 825 g/mol. The maximum absolute atomic E-state index is 10.8. The molecule has 1 aliphatic carbocycles. The Bertz CT molecular complexity index is 1200. The topological polar surface area (TPSA) is 40.5 Å². The van der Waals surface area contributed by atoms with Crippen molar-refractivity contribution in [1.29, 1.82) is 0 Å². The van der Waals surface area contributed by atoms with Gasteiger partial charge < -0.3 is 10.2 Å². The van der Waals surface area contributed by atoms with Crippen LogP contribution in [0.4, 0.5) is 0 Å². The third-order valence-electron chi connectivity index (χ3n) is 7.68. The standard InChI is InChI=1S/C40H58O2.I2/c1-31(2)17-13-20-34(5)23-15-25-35(6)24-14-21-32(3)18-11-12-19-33(4)22-16-26-36(7)27-28-38-37(39(8,9)41)29-30-40(38,10)42;1-2/h11-12,14-19,21-28,37-38,41-42H,13,20,29-30H2,1-10H3;/b12-11+,21-14+,22-16+,25-15+,28-27+,32-18+,33-19+,34-23+,35-24+,36-26+;. The Morgan fingerprint density at radius 1 is 0.727 bits per heavy atom. The molecule has 3 unspecified atom stereocenters. The molecule has 1 saturated carbocycles. The van der Waals surface area contributed by atoms with Crippen molar-refractivity contribution in [3.8, 4) is 0 Å². The SMILES string of the molecule is CC(C)=CCC/C(C)=C/C=C/C(C)=C/C=C/C(C)=C/C=C/C=C(C)/C=C/C=C(C)/C=C/C1C(C(C)(C)O)CCC1(C)O.II. The van der Waals surface area contributed by atoms with E-state index in [1.165, 1.54) is 22.3 Å². The van der Waals surface area contributed by atoms with Crippen LogP contribution in [0.2, 0.25) is 0 Å². The quantitative estimate of drug-likeness (QED) is 0.104. The predicted molar refractivity (Wildman–Crippen MR) is 214 cm³/mol. The summed E-state index contributed by atoms with van der Waals surface area (Å²) in [6.45, 7) is 20.4. The lowest BCUT2D eigenvalue weighted by Crippen LogP contribution is -2.39. The van der Waals surface area contributed by atoms with Gasteiger partial charge in [0.1, 0.15) is 0 Å². The zero-order valence-corrected chi connectivity index (χ0v) is 33.2. The smallest absolute Gasteiger partial charge is 0.0686 e. The zero-order valence-electron chi connectivity index (χ0n) is 28.9. The first-order valence-electron chi connectivity index (χ1n) is 15.6. The fourth-order valence-electron chi connectivity index (χ4n) is 4.99. The van der Waals surface area contributed by atoms with Crippen molar-refractivity contribution in [1.82, 2.24) is 0 Å². The fraction of sp³-hybridized carbons (Fsp3) is 0.450. The summed E-state index contributed by atoms with van der Waals surface area (Å²) in [7, 11) is 0. The van der Waals surface area contributed by atoms with Gasteiger partial charge in [0.2, 0.25) is 0 Å². The third kappa shape index (κ3) is 19.8. The van der Waals surface area contributed by atoms with Gasteiger partial charge in [0.25, 0.3) is 0 Å². The maximum atomic E-state index is 10.8. The molecule has 1 rings (SSSR count). The molecule has 2 nitrogen and oxygen atoms in total. The van der Waals surface area contributed by atoms with Crippen LogP contribution < -0.4 is 0 Å². The van der Waals surface area contributed by atoms with Gasteiger partial charge in [-0.15, -0.1) is 0 Å². The highest BCUT2D eigenvalue weighted by Gasteiger charge is 2.47. The Hall–Kier alpha value is -1.48. The number of hydrogen-bond donors (Lipinski definition) is 2. The zero-order chi connectivity index (χ0) is 33.8. The van der Waals surface area contributed by atoms with Crippen LogP contribution in [0.15, 0.2) is 131 Å². The van der Waals surface area contributed by atoms with Crippen LogP contribution in [0.1, 0.15) is 94.9 Å². The molecule has 0 heterocycles. The molecule has 0 aliphatic heterocycles.